The largest absolute Gasteiger partial charge is 0.295 e. The molecule has 1 aromatic carbocycles. The summed E-state index contributed by atoms with van der Waals surface area (Å²) in [6.45, 7) is 4.42. The van der Waals surface area contributed by atoms with E-state index in [-0.39, 0.29) is 29.5 Å². The number of sulfonamides is 1. The number of hydrogen-bond donors (Lipinski definition) is 0. The van der Waals surface area contributed by atoms with Gasteiger partial charge in [-0.15, -0.1) is 12.4 Å². The quantitative estimate of drug-likeness (QED) is 0.316. The van der Waals surface area contributed by atoms with Crippen LogP contribution in [-0.2, 0) is 10.0 Å². The van der Waals surface area contributed by atoms with E-state index >= 15 is 0 Å². The second kappa shape index (κ2) is 12.4. The molecule has 1 heterocycles. The fourth-order valence-corrected chi connectivity index (χ4v) is 7.28. The van der Waals surface area contributed by atoms with E-state index in [1.807, 2.05) is 6.92 Å². The maximum atomic E-state index is 13.0. The first kappa shape index (κ1) is 27.9. The van der Waals surface area contributed by atoms with Crippen LogP contribution in [0.15, 0.2) is 18.2 Å². The van der Waals surface area contributed by atoms with Gasteiger partial charge in [-0.3, -0.25) is 9.69 Å². The first-order valence-electron chi connectivity index (χ1n) is 11.5. The summed E-state index contributed by atoms with van der Waals surface area (Å²) in [6, 6.07) is 5.16. The SMILES string of the molecule is CCCS(=O)(=O)N1CCN(C2(CCC(=O)c3c(Cl)cccc3Cl)CCCCCC2)CC1.Cl. The number of hydrogen-bond acceptors (Lipinski definition) is 4. The molecule has 3 rings (SSSR count). The van der Waals surface area contributed by atoms with Gasteiger partial charge >= 0.3 is 0 Å². The minimum Gasteiger partial charge on any atom is -0.295 e. The zero-order chi connectivity index (χ0) is 22.5. The summed E-state index contributed by atoms with van der Waals surface area (Å²) in [5, 5.41) is 0.810. The zero-order valence-electron chi connectivity index (χ0n) is 18.8. The van der Waals surface area contributed by atoms with Gasteiger partial charge in [-0.1, -0.05) is 61.9 Å². The van der Waals surface area contributed by atoms with Gasteiger partial charge in [0.1, 0.15) is 0 Å². The Kier molecular flexibility index (Phi) is 10.8. The number of piperazine rings is 1. The van der Waals surface area contributed by atoms with Crippen LogP contribution in [0.1, 0.15) is 75.1 Å². The highest BCUT2D eigenvalue weighted by Gasteiger charge is 2.40. The van der Waals surface area contributed by atoms with Gasteiger partial charge in [0.2, 0.25) is 10.0 Å². The van der Waals surface area contributed by atoms with Crippen molar-refractivity contribution in [3.63, 3.8) is 0 Å². The molecular formula is C23H35Cl3N2O3S. The predicted molar refractivity (Wildman–Crippen MR) is 135 cm³/mol. The molecule has 0 atom stereocenters. The van der Waals surface area contributed by atoms with E-state index in [0.29, 0.717) is 41.5 Å². The Morgan fingerprint density at radius 3 is 2.09 bits per heavy atom. The lowest BCUT2D eigenvalue weighted by Gasteiger charge is -2.48. The molecule has 9 heteroatoms. The van der Waals surface area contributed by atoms with Crippen LogP contribution in [-0.4, -0.2) is 60.9 Å². The molecule has 0 spiro atoms. The lowest BCUT2D eigenvalue weighted by molar-refractivity contribution is 0.0320. The molecular weight excluding hydrogens is 491 g/mol. The Bertz CT molecular complexity index is 843. The molecule has 1 aliphatic carbocycles. The van der Waals surface area contributed by atoms with Crippen molar-refractivity contribution in [2.75, 3.05) is 31.9 Å². The number of carbonyl (C=O) groups is 1. The summed E-state index contributed by atoms with van der Waals surface area (Å²) in [5.74, 6) is 0.203. The molecule has 2 fully saturated rings. The molecule has 0 radical (unpaired) electrons. The van der Waals surface area contributed by atoms with Crippen molar-refractivity contribution in [1.82, 2.24) is 9.21 Å². The molecule has 1 aliphatic heterocycles. The smallest absolute Gasteiger partial charge is 0.214 e. The average Bonchev–Trinajstić information content (AvgIpc) is 2.99. The van der Waals surface area contributed by atoms with Crippen LogP contribution in [0.2, 0.25) is 10.0 Å². The summed E-state index contributed by atoms with van der Waals surface area (Å²) >= 11 is 12.5. The first-order valence-corrected chi connectivity index (χ1v) is 13.9. The van der Waals surface area contributed by atoms with Crippen LogP contribution in [0, 0.1) is 0 Å². The van der Waals surface area contributed by atoms with Gasteiger partial charge in [-0.2, -0.15) is 4.31 Å². The van der Waals surface area contributed by atoms with Crippen molar-refractivity contribution in [1.29, 1.82) is 0 Å². The molecule has 0 amide bonds. The number of rotatable bonds is 8. The van der Waals surface area contributed by atoms with E-state index in [4.69, 9.17) is 23.2 Å². The van der Waals surface area contributed by atoms with Crippen molar-refractivity contribution < 1.29 is 13.2 Å². The number of nitrogens with zero attached hydrogens (tertiary/aromatic N) is 2. The van der Waals surface area contributed by atoms with Crippen molar-refractivity contribution >= 4 is 51.4 Å². The molecule has 0 N–H and O–H groups in total. The normalized spacial score (nSPS) is 20.3. The first-order chi connectivity index (χ1) is 14.8. The second-order valence-electron chi connectivity index (χ2n) is 8.86. The standard InChI is InChI=1S/C23H34Cl2N2O3S.ClH/c1-2-18-31(29,30)27-16-14-26(15-17-27)23(11-5-3-4-6-12-23)13-10-21(28)22-19(24)8-7-9-20(22)25;/h7-9H,2-6,10-18H2,1H3;1H. The van der Waals surface area contributed by atoms with Gasteiger partial charge in [0.15, 0.2) is 5.78 Å². The van der Waals surface area contributed by atoms with Crippen LogP contribution in [0.5, 0.6) is 0 Å². The summed E-state index contributed by atoms with van der Waals surface area (Å²) in [7, 11) is -3.16. The van der Waals surface area contributed by atoms with Crippen LogP contribution in [0.4, 0.5) is 0 Å². The number of halogens is 3. The predicted octanol–water partition coefficient (Wildman–Crippen LogP) is 5.83. The lowest BCUT2D eigenvalue weighted by Crippen LogP contribution is -2.58. The third kappa shape index (κ3) is 6.61. The molecule has 182 valence electrons. The Morgan fingerprint density at radius 2 is 1.56 bits per heavy atom. The molecule has 5 nitrogen and oxygen atoms in total. The van der Waals surface area contributed by atoms with E-state index in [1.165, 1.54) is 12.8 Å². The maximum Gasteiger partial charge on any atom is 0.214 e. The summed E-state index contributed by atoms with van der Waals surface area (Å²) < 4.78 is 26.6. The molecule has 0 aromatic heterocycles. The van der Waals surface area contributed by atoms with Gasteiger partial charge in [0.25, 0.3) is 0 Å². The molecule has 0 unspecified atom stereocenters. The summed E-state index contributed by atoms with van der Waals surface area (Å²) in [4.78, 5) is 15.5. The average molecular weight is 526 g/mol. The van der Waals surface area contributed by atoms with E-state index in [0.717, 1.165) is 45.2 Å². The van der Waals surface area contributed by atoms with Crippen LogP contribution < -0.4 is 0 Å². The Morgan fingerprint density at radius 1 is 1.00 bits per heavy atom. The van der Waals surface area contributed by atoms with Crippen molar-refractivity contribution in [3.8, 4) is 0 Å². The van der Waals surface area contributed by atoms with Crippen molar-refractivity contribution in [2.24, 2.45) is 0 Å². The number of ketones is 1. The minimum absolute atomic E-state index is 0. The molecule has 1 saturated carbocycles. The highest BCUT2D eigenvalue weighted by atomic mass is 35.5. The van der Waals surface area contributed by atoms with Gasteiger partial charge in [-0.25, -0.2) is 8.42 Å². The van der Waals surface area contributed by atoms with Gasteiger partial charge in [-0.05, 0) is 37.8 Å². The van der Waals surface area contributed by atoms with E-state index in [9.17, 15) is 13.2 Å². The topological polar surface area (TPSA) is 57.7 Å². The van der Waals surface area contributed by atoms with E-state index < -0.39 is 10.0 Å². The summed E-state index contributed by atoms with van der Waals surface area (Å²) in [5.41, 5.74) is 0.366. The fraction of sp³-hybridized carbons (Fsp3) is 0.696. The number of benzene rings is 1. The number of carbonyl (C=O) groups excluding carboxylic acids is 1. The highest BCUT2D eigenvalue weighted by molar-refractivity contribution is 7.89. The molecule has 2 aliphatic rings. The van der Waals surface area contributed by atoms with Gasteiger partial charge in [0, 0.05) is 38.1 Å². The minimum atomic E-state index is -3.16. The maximum absolute atomic E-state index is 13.0. The molecule has 1 aromatic rings. The summed E-state index contributed by atoms with van der Waals surface area (Å²) in [6.07, 6.45) is 8.64. The fourth-order valence-electron chi connectivity index (χ4n) is 5.17. The Labute approximate surface area is 209 Å². The van der Waals surface area contributed by atoms with Gasteiger partial charge < -0.3 is 0 Å². The highest BCUT2D eigenvalue weighted by Crippen LogP contribution is 2.38. The molecule has 32 heavy (non-hydrogen) atoms. The van der Waals surface area contributed by atoms with Crippen molar-refractivity contribution in [3.05, 3.63) is 33.8 Å². The third-order valence-corrected chi connectivity index (χ3v) is 9.56. The number of Topliss-reactive ketones (excluding diaryl/α,β-unsaturated/α-hetero) is 1. The lowest BCUT2D eigenvalue weighted by atomic mass is 9.82. The van der Waals surface area contributed by atoms with E-state index in [1.54, 1.807) is 22.5 Å². The second-order valence-corrected chi connectivity index (χ2v) is 11.8. The molecule has 0 bridgehead atoms. The Balaban J connectivity index is 0.00000363. The van der Waals surface area contributed by atoms with Crippen LogP contribution >= 0.6 is 35.6 Å². The van der Waals surface area contributed by atoms with Crippen LogP contribution in [0.3, 0.4) is 0 Å². The Hall–Kier alpha value is -0.370. The zero-order valence-corrected chi connectivity index (χ0v) is 22.0. The third-order valence-electron chi connectivity index (χ3n) is 6.86. The van der Waals surface area contributed by atoms with Crippen molar-refractivity contribution in [2.45, 2.75) is 70.3 Å². The monoisotopic (exact) mass is 524 g/mol. The van der Waals surface area contributed by atoms with Gasteiger partial charge in [0.05, 0.1) is 21.4 Å². The van der Waals surface area contributed by atoms with Crippen LogP contribution in [0.25, 0.3) is 0 Å². The molecule has 1 saturated heterocycles. The van der Waals surface area contributed by atoms with E-state index in [2.05, 4.69) is 4.90 Å².